The molecule has 8 nitrogen and oxygen atoms in total. The van der Waals surface area contributed by atoms with Crippen molar-refractivity contribution < 1.29 is 18.7 Å². The van der Waals surface area contributed by atoms with Gasteiger partial charge in [-0.3, -0.25) is 4.79 Å². The lowest BCUT2D eigenvalue weighted by atomic mass is 10.2. The summed E-state index contributed by atoms with van der Waals surface area (Å²) in [6, 6.07) is 3.25. The maximum Gasteiger partial charge on any atom is 0.284 e. The molecule has 1 saturated heterocycles. The van der Waals surface area contributed by atoms with Crippen LogP contribution in [0, 0.1) is 0 Å². The molecule has 0 spiro atoms. The average molecular weight is 480 g/mol. The van der Waals surface area contributed by atoms with Gasteiger partial charge < -0.3 is 30.3 Å². The maximum atomic E-state index is 11.0. The first-order chi connectivity index (χ1) is 12.2. The average Bonchev–Trinajstić information content (AvgIpc) is 3.27. The summed E-state index contributed by atoms with van der Waals surface area (Å²) in [7, 11) is 0. The van der Waals surface area contributed by atoms with Crippen LogP contribution in [-0.4, -0.2) is 50.9 Å². The minimum Gasteiger partial charge on any atom is -0.454 e. The fraction of sp³-hybridized carbons (Fsp3) is 0.647. The molecule has 2 heterocycles. The number of guanidine groups is 1. The lowest BCUT2D eigenvalue weighted by molar-refractivity contribution is 0.0168. The van der Waals surface area contributed by atoms with E-state index in [0.717, 1.165) is 39.0 Å². The Labute approximate surface area is 171 Å². The highest BCUT2D eigenvalue weighted by molar-refractivity contribution is 14.0. The van der Waals surface area contributed by atoms with Crippen molar-refractivity contribution in [2.45, 2.75) is 38.8 Å². The van der Waals surface area contributed by atoms with Crippen LogP contribution in [0.25, 0.3) is 0 Å². The van der Waals surface area contributed by atoms with Gasteiger partial charge in [-0.1, -0.05) is 0 Å². The van der Waals surface area contributed by atoms with Crippen molar-refractivity contribution in [1.82, 2.24) is 10.6 Å². The van der Waals surface area contributed by atoms with Crippen LogP contribution >= 0.6 is 24.0 Å². The minimum absolute atomic E-state index is 0. The van der Waals surface area contributed by atoms with Gasteiger partial charge in [-0.2, -0.15) is 0 Å². The Kier molecular flexibility index (Phi) is 11.3. The molecular formula is C17H29IN4O4. The second-order valence-electron chi connectivity index (χ2n) is 5.82. The summed E-state index contributed by atoms with van der Waals surface area (Å²) in [4.78, 5) is 15.4. The highest BCUT2D eigenvalue weighted by Gasteiger charge is 2.14. The fourth-order valence-electron chi connectivity index (χ4n) is 2.47. The Morgan fingerprint density at radius 1 is 1.42 bits per heavy atom. The zero-order chi connectivity index (χ0) is 17.9. The number of primary amides is 1. The number of ether oxygens (including phenoxy) is 2. The van der Waals surface area contributed by atoms with Crippen LogP contribution in [0.1, 0.15) is 42.5 Å². The standard InChI is InChI=1S/C17H28N4O4.HI/c1-2-19-17(21-11-13-6-7-15(25-13)16(18)22)20-8-4-9-23-12-14-5-3-10-24-14;/h6-7,14H,2-5,8-12H2,1H3,(H2,18,22)(H2,19,20,21);1H. The van der Waals surface area contributed by atoms with Crippen LogP contribution in [0.15, 0.2) is 21.5 Å². The number of furan rings is 1. The number of hydrogen-bond acceptors (Lipinski definition) is 5. The molecule has 148 valence electrons. The van der Waals surface area contributed by atoms with Crippen molar-refractivity contribution in [1.29, 1.82) is 0 Å². The predicted molar refractivity (Wildman–Crippen MR) is 110 cm³/mol. The van der Waals surface area contributed by atoms with Crippen LogP contribution in [0.3, 0.4) is 0 Å². The van der Waals surface area contributed by atoms with E-state index in [0.29, 0.717) is 31.5 Å². The van der Waals surface area contributed by atoms with E-state index in [-0.39, 0.29) is 35.8 Å². The summed E-state index contributed by atoms with van der Waals surface area (Å²) in [6.07, 6.45) is 3.38. The summed E-state index contributed by atoms with van der Waals surface area (Å²) in [5, 5.41) is 6.41. The topological polar surface area (TPSA) is 111 Å². The van der Waals surface area contributed by atoms with Gasteiger partial charge in [-0.15, -0.1) is 24.0 Å². The van der Waals surface area contributed by atoms with Gasteiger partial charge in [0.05, 0.1) is 12.7 Å². The summed E-state index contributed by atoms with van der Waals surface area (Å²) in [6.45, 7) is 6.06. The van der Waals surface area contributed by atoms with Gasteiger partial charge in [-0.05, 0) is 38.3 Å². The lowest BCUT2D eigenvalue weighted by Crippen LogP contribution is -2.38. The first kappa shape index (κ1) is 22.7. The molecule has 1 aromatic heterocycles. The Morgan fingerprint density at radius 3 is 2.92 bits per heavy atom. The Morgan fingerprint density at radius 2 is 2.27 bits per heavy atom. The van der Waals surface area contributed by atoms with E-state index in [9.17, 15) is 4.79 Å². The fourth-order valence-corrected chi connectivity index (χ4v) is 2.47. The van der Waals surface area contributed by atoms with Crippen molar-refractivity contribution in [3.05, 3.63) is 23.7 Å². The molecule has 26 heavy (non-hydrogen) atoms. The summed E-state index contributed by atoms with van der Waals surface area (Å²) in [5.41, 5.74) is 5.16. The predicted octanol–water partition coefficient (Wildman–Crippen LogP) is 1.64. The summed E-state index contributed by atoms with van der Waals surface area (Å²) >= 11 is 0. The molecule has 1 aliphatic heterocycles. The summed E-state index contributed by atoms with van der Waals surface area (Å²) in [5.74, 6) is 0.847. The molecular weight excluding hydrogens is 451 g/mol. The number of amides is 1. The van der Waals surface area contributed by atoms with Crippen molar-refractivity contribution in [3.63, 3.8) is 0 Å². The largest absolute Gasteiger partial charge is 0.454 e. The van der Waals surface area contributed by atoms with E-state index in [1.54, 1.807) is 12.1 Å². The van der Waals surface area contributed by atoms with Crippen LogP contribution in [0.2, 0.25) is 0 Å². The van der Waals surface area contributed by atoms with Gasteiger partial charge >= 0.3 is 0 Å². The van der Waals surface area contributed by atoms with Crippen molar-refractivity contribution in [2.75, 3.05) is 32.9 Å². The van der Waals surface area contributed by atoms with E-state index in [2.05, 4.69) is 15.6 Å². The van der Waals surface area contributed by atoms with E-state index in [1.165, 1.54) is 0 Å². The van der Waals surface area contributed by atoms with Crippen molar-refractivity contribution in [3.8, 4) is 0 Å². The van der Waals surface area contributed by atoms with Gasteiger partial charge in [0.1, 0.15) is 12.3 Å². The smallest absolute Gasteiger partial charge is 0.284 e. The van der Waals surface area contributed by atoms with Crippen molar-refractivity contribution in [2.24, 2.45) is 10.7 Å². The maximum absolute atomic E-state index is 11.0. The SMILES string of the molecule is CCNC(=NCc1ccc(C(N)=O)o1)NCCCOCC1CCCO1.I. The molecule has 4 N–H and O–H groups in total. The summed E-state index contributed by atoms with van der Waals surface area (Å²) < 4.78 is 16.5. The molecule has 2 rings (SSSR count). The molecule has 1 atom stereocenters. The number of nitrogens with one attached hydrogen (secondary N) is 2. The Balaban J connectivity index is 0.00000338. The van der Waals surface area contributed by atoms with Crippen LogP contribution in [0.4, 0.5) is 0 Å². The number of nitrogens with zero attached hydrogens (tertiary/aromatic N) is 1. The quantitative estimate of drug-likeness (QED) is 0.203. The molecule has 0 bridgehead atoms. The minimum atomic E-state index is -0.580. The molecule has 9 heteroatoms. The number of nitrogens with two attached hydrogens (primary N) is 1. The third-order valence-corrected chi connectivity index (χ3v) is 3.73. The molecule has 1 fully saturated rings. The number of aliphatic imine (C=N–C) groups is 1. The molecule has 1 amide bonds. The Hall–Kier alpha value is -1.33. The molecule has 0 aliphatic carbocycles. The highest BCUT2D eigenvalue weighted by atomic mass is 127. The first-order valence-electron chi connectivity index (χ1n) is 8.79. The van der Waals surface area contributed by atoms with Gasteiger partial charge in [-0.25, -0.2) is 4.99 Å². The zero-order valence-corrected chi connectivity index (χ0v) is 17.5. The second-order valence-corrected chi connectivity index (χ2v) is 5.82. The third kappa shape index (κ3) is 8.37. The van der Waals surface area contributed by atoms with Gasteiger partial charge in [0.15, 0.2) is 11.7 Å². The molecule has 1 aromatic rings. The number of carbonyl (C=O) groups excluding carboxylic acids is 1. The van der Waals surface area contributed by atoms with Gasteiger partial charge in [0.25, 0.3) is 5.91 Å². The second kappa shape index (κ2) is 12.9. The van der Waals surface area contributed by atoms with Crippen LogP contribution < -0.4 is 16.4 Å². The van der Waals surface area contributed by atoms with Crippen LogP contribution in [0.5, 0.6) is 0 Å². The first-order valence-corrected chi connectivity index (χ1v) is 8.79. The number of carbonyl (C=O) groups is 1. The normalized spacial score (nSPS) is 17.0. The van der Waals surface area contributed by atoms with Gasteiger partial charge in [0.2, 0.25) is 0 Å². The number of hydrogen-bond donors (Lipinski definition) is 3. The molecule has 0 radical (unpaired) electrons. The monoisotopic (exact) mass is 480 g/mol. The van der Waals surface area contributed by atoms with E-state index in [4.69, 9.17) is 19.6 Å². The molecule has 1 unspecified atom stereocenters. The van der Waals surface area contributed by atoms with Gasteiger partial charge in [0, 0.05) is 26.3 Å². The zero-order valence-electron chi connectivity index (χ0n) is 15.2. The molecule has 0 saturated carbocycles. The third-order valence-electron chi connectivity index (χ3n) is 3.73. The molecule has 0 aromatic carbocycles. The number of rotatable bonds is 10. The lowest BCUT2D eigenvalue weighted by Gasteiger charge is -2.12. The van der Waals surface area contributed by atoms with Crippen LogP contribution in [-0.2, 0) is 16.0 Å². The Bertz CT molecular complexity index is 559. The van der Waals surface area contributed by atoms with E-state index in [1.807, 2.05) is 6.92 Å². The van der Waals surface area contributed by atoms with E-state index < -0.39 is 5.91 Å². The van der Waals surface area contributed by atoms with Crippen molar-refractivity contribution >= 4 is 35.8 Å². The number of halogens is 1. The van der Waals surface area contributed by atoms with E-state index >= 15 is 0 Å². The highest BCUT2D eigenvalue weighted by Crippen LogP contribution is 2.11. The molecule has 1 aliphatic rings.